The van der Waals surface area contributed by atoms with Gasteiger partial charge in [-0.15, -0.1) is 0 Å². The van der Waals surface area contributed by atoms with Crippen LogP contribution >= 0.6 is 23.2 Å². The molecular weight excluding hydrogens is 414 g/mol. The van der Waals surface area contributed by atoms with Crippen molar-refractivity contribution in [2.75, 3.05) is 5.32 Å². The first-order valence-electron chi connectivity index (χ1n) is 8.75. The number of nitrogens with zero attached hydrogens (tertiary/aromatic N) is 3. The normalized spacial score (nSPS) is 11.0. The average Bonchev–Trinajstić information content (AvgIpc) is 3.01. The van der Waals surface area contributed by atoms with Gasteiger partial charge in [-0.05, 0) is 54.4 Å². The summed E-state index contributed by atoms with van der Waals surface area (Å²) in [5.74, 6) is -0.577. The molecule has 4 aromatic rings. The molecule has 0 unspecified atom stereocenters. The molecule has 29 heavy (non-hydrogen) atoms. The molecule has 5 nitrogen and oxygen atoms in total. The summed E-state index contributed by atoms with van der Waals surface area (Å²) in [6, 6.07) is 12.9. The van der Waals surface area contributed by atoms with Gasteiger partial charge in [-0.3, -0.25) is 4.79 Å². The van der Waals surface area contributed by atoms with Crippen LogP contribution in [0.25, 0.3) is 22.2 Å². The quantitative estimate of drug-likeness (QED) is 0.467. The molecule has 0 saturated heterocycles. The zero-order chi connectivity index (χ0) is 20.5. The summed E-state index contributed by atoms with van der Waals surface area (Å²) in [4.78, 5) is 16.9. The molecule has 1 N–H and O–H groups in total. The number of rotatable bonds is 4. The van der Waals surface area contributed by atoms with Crippen molar-refractivity contribution in [1.29, 1.82) is 0 Å². The predicted octanol–water partition coefficient (Wildman–Crippen LogP) is 5.49. The van der Waals surface area contributed by atoms with E-state index in [1.54, 1.807) is 41.2 Å². The molecule has 0 spiro atoms. The van der Waals surface area contributed by atoms with Gasteiger partial charge in [0.2, 0.25) is 5.91 Å². The number of hydrogen-bond donors (Lipinski definition) is 1. The van der Waals surface area contributed by atoms with Crippen molar-refractivity contribution >= 4 is 45.8 Å². The van der Waals surface area contributed by atoms with Crippen LogP contribution < -0.4 is 5.32 Å². The number of carbonyl (C=O) groups is 1. The molecule has 2 aromatic carbocycles. The summed E-state index contributed by atoms with van der Waals surface area (Å²) in [6.07, 6.45) is 1.65. The van der Waals surface area contributed by atoms with Gasteiger partial charge >= 0.3 is 0 Å². The van der Waals surface area contributed by atoms with Crippen LogP contribution in [0.1, 0.15) is 5.69 Å². The Labute approximate surface area is 176 Å². The number of aryl methyl sites for hydroxylation is 1. The zero-order valence-electron chi connectivity index (χ0n) is 15.3. The summed E-state index contributed by atoms with van der Waals surface area (Å²) in [7, 11) is 0. The second-order valence-electron chi connectivity index (χ2n) is 6.48. The number of pyridine rings is 1. The molecule has 0 radical (unpaired) electrons. The number of benzene rings is 2. The van der Waals surface area contributed by atoms with Crippen LogP contribution in [0.5, 0.6) is 0 Å². The van der Waals surface area contributed by atoms with E-state index in [9.17, 15) is 9.18 Å². The minimum absolute atomic E-state index is 0.0234. The lowest BCUT2D eigenvalue weighted by Gasteiger charge is -2.08. The monoisotopic (exact) mass is 428 g/mol. The Morgan fingerprint density at radius 2 is 1.86 bits per heavy atom. The second-order valence-corrected chi connectivity index (χ2v) is 7.30. The maximum atomic E-state index is 13.3. The Hall–Kier alpha value is -2.96. The van der Waals surface area contributed by atoms with E-state index >= 15 is 0 Å². The smallest absolute Gasteiger partial charge is 0.246 e. The zero-order valence-corrected chi connectivity index (χ0v) is 16.8. The molecule has 4 rings (SSSR count). The van der Waals surface area contributed by atoms with Gasteiger partial charge in [0.15, 0.2) is 5.65 Å². The van der Waals surface area contributed by atoms with Crippen LogP contribution in [0.15, 0.2) is 54.7 Å². The van der Waals surface area contributed by atoms with Crippen LogP contribution in [0.2, 0.25) is 10.0 Å². The maximum Gasteiger partial charge on any atom is 0.246 e. The van der Waals surface area contributed by atoms with Crippen LogP contribution in [0.3, 0.4) is 0 Å². The molecule has 0 aliphatic carbocycles. The third-order valence-corrected chi connectivity index (χ3v) is 5.20. The standard InChI is InChI=1S/C21H15Cl2FN4O/c1-12-20-16(13-2-4-14(24)5-3-13)8-9-25-21(20)28(27-12)11-19(29)26-15-6-7-17(22)18(23)10-15/h2-10H,11H2,1H3,(H,26,29). The number of halogens is 3. The molecule has 0 atom stereocenters. The van der Waals surface area contributed by atoms with E-state index < -0.39 is 0 Å². The third kappa shape index (κ3) is 3.95. The molecular formula is C21H15Cl2FN4O. The topological polar surface area (TPSA) is 59.8 Å². The molecule has 0 fully saturated rings. The van der Waals surface area contributed by atoms with E-state index in [4.69, 9.17) is 23.2 Å². The Balaban J connectivity index is 1.64. The van der Waals surface area contributed by atoms with Crippen LogP contribution in [-0.4, -0.2) is 20.7 Å². The second kappa shape index (κ2) is 7.81. The maximum absolute atomic E-state index is 13.3. The Kier molecular flexibility index (Phi) is 5.22. The fraction of sp³-hybridized carbons (Fsp3) is 0.0952. The molecule has 146 valence electrons. The van der Waals surface area contributed by atoms with Gasteiger partial charge in [0.1, 0.15) is 12.4 Å². The van der Waals surface area contributed by atoms with Crippen molar-refractivity contribution in [2.24, 2.45) is 0 Å². The number of nitrogens with one attached hydrogen (secondary N) is 1. The van der Waals surface area contributed by atoms with Crippen LogP contribution in [-0.2, 0) is 11.3 Å². The molecule has 0 aliphatic rings. The highest BCUT2D eigenvalue weighted by Crippen LogP contribution is 2.30. The minimum atomic E-state index is -0.301. The first-order valence-corrected chi connectivity index (χ1v) is 9.51. The van der Waals surface area contributed by atoms with Crippen molar-refractivity contribution in [3.63, 3.8) is 0 Å². The summed E-state index contributed by atoms with van der Waals surface area (Å²) in [5.41, 5.74) is 3.58. The highest BCUT2D eigenvalue weighted by molar-refractivity contribution is 6.42. The van der Waals surface area contributed by atoms with Gasteiger partial charge in [0.05, 0.1) is 15.7 Å². The van der Waals surface area contributed by atoms with Crippen molar-refractivity contribution < 1.29 is 9.18 Å². The molecule has 0 bridgehead atoms. The number of carbonyl (C=O) groups excluding carboxylic acids is 1. The van der Waals surface area contributed by atoms with Crippen LogP contribution in [0, 0.1) is 12.7 Å². The van der Waals surface area contributed by atoms with E-state index in [-0.39, 0.29) is 18.3 Å². The number of amides is 1. The Morgan fingerprint density at radius 1 is 1.10 bits per heavy atom. The Bertz CT molecular complexity index is 1220. The molecule has 2 heterocycles. The summed E-state index contributed by atoms with van der Waals surface area (Å²) in [5, 5.41) is 8.84. The van der Waals surface area contributed by atoms with E-state index in [1.165, 1.54) is 12.1 Å². The van der Waals surface area contributed by atoms with Crippen molar-refractivity contribution in [2.45, 2.75) is 13.5 Å². The molecule has 1 amide bonds. The predicted molar refractivity (Wildman–Crippen MR) is 113 cm³/mol. The van der Waals surface area contributed by atoms with E-state index in [2.05, 4.69) is 15.4 Å². The summed E-state index contributed by atoms with van der Waals surface area (Å²) < 4.78 is 14.8. The molecule has 0 aliphatic heterocycles. The van der Waals surface area contributed by atoms with Gasteiger partial charge in [-0.2, -0.15) is 5.10 Å². The van der Waals surface area contributed by atoms with E-state index in [1.807, 2.05) is 13.0 Å². The van der Waals surface area contributed by atoms with Crippen LogP contribution in [0.4, 0.5) is 10.1 Å². The lowest BCUT2D eigenvalue weighted by atomic mass is 10.0. The van der Waals surface area contributed by atoms with Gasteiger partial charge in [-0.1, -0.05) is 35.3 Å². The fourth-order valence-electron chi connectivity index (χ4n) is 3.17. The first-order chi connectivity index (χ1) is 13.9. The first kappa shape index (κ1) is 19.4. The largest absolute Gasteiger partial charge is 0.324 e. The van der Waals surface area contributed by atoms with Crippen molar-refractivity contribution in [3.05, 3.63) is 76.3 Å². The average molecular weight is 429 g/mol. The summed E-state index contributed by atoms with van der Waals surface area (Å²) >= 11 is 11.9. The number of aromatic nitrogens is 3. The molecule has 0 saturated carbocycles. The van der Waals surface area contributed by atoms with Gasteiger partial charge in [0, 0.05) is 17.3 Å². The van der Waals surface area contributed by atoms with E-state index in [0.717, 1.165) is 22.2 Å². The molecule has 8 heteroatoms. The fourth-order valence-corrected chi connectivity index (χ4v) is 3.47. The highest BCUT2D eigenvalue weighted by atomic mass is 35.5. The number of hydrogen-bond acceptors (Lipinski definition) is 3. The van der Waals surface area contributed by atoms with Gasteiger partial charge in [0.25, 0.3) is 0 Å². The lowest BCUT2D eigenvalue weighted by molar-refractivity contribution is -0.116. The molecule has 2 aromatic heterocycles. The van der Waals surface area contributed by atoms with Gasteiger partial charge in [-0.25, -0.2) is 14.1 Å². The minimum Gasteiger partial charge on any atom is -0.324 e. The SMILES string of the molecule is Cc1nn(CC(=O)Nc2ccc(Cl)c(Cl)c2)c2nccc(-c3ccc(F)cc3)c12. The lowest BCUT2D eigenvalue weighted by Crippen LogP contribution is -2.19. The van der Waals surface area contributed by atoms with Gasteiger partial charge < -0.3 is 5.32 Å². The van der Waals surface area contributed by atoms with Crippen molar-refractivity contribution in [1.82, 2.24) is 14.8 Å². The highest BCUT2D eigenvalue weighted by Gasteiger charge is 2.16. The summed E-state index contributed by atoms with van der Waals surface area (Å²) in [6.45, 7) is 1.83. The Morgan fingerprint density at radius 3 is 2.59 bits per heavy atom. The number of fused-ring (bicyclic) bond motifs is 1. The number of anilines is 1. The third-order valence-electron chi connectivity index (χ3n) is 4.46. The van der Waals surface area contributed by atoms with E-state index in [0.29, 0.717) is 21.4 Å². The van der Waals surface area contributed by atoms with Crippen molar-refractivity contribution in [3.8, 4) is 11.1 Å².